The molecule has 0 atom stereocenters. The molecule has 0 fully saturated rings. The van der Waals surface area contributed by atoms with Gasteiger partial charge in [0.2, 0.25) is 5.91 Å². The minimum atomic E-state index is -4.15. The van der Waals surface area contributed by atoms with Crippen LogP contribution in [0, 0.1) is 11.3 Å². The number of halogens is 4. The van der Waals surface area contributed by atoms with Gasteiger partial charge in [0.1, 0.15) is 0 Å². The lowest BCUT2D eigenvalue weighted by Gasteiger charge is -2.15. The molecule has 92 valence electrons. The lowest BCUT2D eigenvalue weighted by atomic mass is 10.3. The summed E-state index contributed by atoms with van der Waals surface area (Å²) in [5.41, 5.74) is 0. The molecule has 0 aromatic carbocycles. The van der Waals surface area contributed by atoms with E-state index in [4.69, 9.17) is 5.26 Å². The maximum Gasteiger partial charge on any atom is 0.319 e. The molecule has 0 radical (unpaired) electrons. The number of amides is 1. The van der Waals surface area contributed by atoms with E-state index in [1.807, 2.05) is 5.32 Å². The number of nitriles is 1. The molecule has 0 unspecified atom stereocenters. The van der Waals surface area contributed by atoms with Gasteiger partial charge in [0.05, 0.1) is 25.6 Å². The van der Waals surface area contributed by atoms with E-state index in [1.54, 1.807) is 6.07 Å². The molecule has 0 aliphatic carbocycles. The van der Waals surface area contributed by atoms with Crippen molar-refractivity contribution in [2.75, 3.05) is 19.6 Å². The van der Waals surface area contributed by atoms with Crippen molar-refractivity contribution in [3.05, 3.63) is 0 Å². The highest BCUT2D eigenvalue weighted by Gasteiger charge is 2.40. The zero-order chi connectivity index (χ0) is 12.6. The average Bonchev–Trinajstić information content (AvgIpc) is 2.17. The lowest BCUT2D eigenvalue weighted by molar-refractivity contribution is -0.128. The van der Waals surface area contributed by atoms with Gasteiger partial charge in [-0.3, -0.25) is 4.79 Å². The smallest absolute Gasteiger partial charge is 0.319 e. The summed E-state index contributed by atoms with van der Waals surface area (Å²) >= 11 is 0. The highest BCUT2D eigenvalue weighted by atomic mass is 19.3. The summed E-state index contributed by atoms with van der Waals surface area (Å²) < 4.78 is 48.0. The molecular formula is C8H11F4N3O. The summed E-state index contributed by atoms with van der Waals surface area (Å²) in [6, 6.07) is 1.76. The molecule has 16 heavy (non-hydrogen) atoms. The Balaban J connectivity index is 3.66. The first-order valence-corrected chi connectivity index (χ1v) is 4.40. The molecule has 0 aromatic heterocycles. The number of nitrogens with zero attached hydrogens (tertiary/aromatic N) is 1. The maximum absolute atomic E-state index is 12.3. The molecule has 0 bridgehead atoms. The van der Waals surface area contributed by atoms with Crippen molar-refractivity contribution in [2.24, 2.45) is 0 Å². The molecule has 0 aliphatic rings. The molecule has 4 nitrogen and oxygen atoms in total. The Kier molecular flexibility index (Phi) is 6.41. The van der Waals surface area contributed by atoms with Gasteiger partial charge in [0.25, 0.3) is 0 Å². The molecule has 0 heterocycles. The largest absolute Gasteiger partial charge is 0.354 e. The second-order valence-corrected chi connectivity index (χ2v) is 2.92. The van der Waals surface area contributed by atoms with Crippen LogP contribution in [0.4, 0.5) is 17.6 Å². The monoisotopic (exact) mass is 241 g/mol. The molecule has 0 saturated heterocycles. The van der Waals surface area contributed by atoms with Gasteiger partial charge in [0.15, 0.2) is 0 Å². The summed E-state index contributed by atoms with van der Waals surface area (Å²) in [5.74, 6) is -4.77. The van der Waals surface area contributed by atoms with Crippen LogP contribution in [0.1, 0.15) is 6.42 Å². The van der Waals surface area contributed by atoms with Crippen LogP contribution in [0.15, 0.2) is 0 Å². The predicted octanol–water partition coefficient (Wildman–Crippen LogP) is 0.506. The molecule has 0 spiro atoms. The molecule has 1 amide bonds. The Morgan fingerprint density at radius 3 is 2.56 bits per heavy atom. The Bertz CT molecular complexity index is 264. The Labute approximate surface area is 89.6 Å². The number of alkyl halides is 4. The van der Waals surface area contributed by atoms with Crippen molar-refractivity contribution in [1.29, 1.82) is 5.26 Å². The number of nitrogens with one attached hydrogen (secondary N) is 2. The minimum Gasteiger partial charge on any atom is -0.354 e. The van der Waals surface area contributed by atoms with E-state index in [0.717, 1.165) is 0 Å². The van der Waals surface area contributed by atoms with Crippen molar-refractivity contribution >= 4 is 5.91 Å². The van der Waals surface area contributed by atoms with E-state index in [9.17, 15) is 22.4 Å². The quantitative estimate of drug-likeness (QED) is 0.504. The molecule has 2 N–H and O–H groups in total. The van der Waals surface area contributed by atoms with Gasteiger partial charge in [-0.1, -0.05) is 0 Å². The van der Waals surface area contributed by atoms with E-state index in [-0.39, 0.29) is 13.0 Å². The molecule has 0 rings (SSSR count). The second-order valence-electron chi connectivity index (χ2n) is 2.92. The zero-order valence-corrected chi connectivity index (χ0v) is 8.27. The summed E-state index contributed by atoms with van der Waals surface area (Å²) in [7, 11) is 0. The van der Waals surface area contributed by atoms with Gasteiger partial charge in [-0.25, -0.2) is 8.78 Å². The number of carbonyl (C=O) groups excluding carboxylic acids is 1. The Hall–Kier alpha value is -1.36. The van der Waals surface area contributed by atoms with Gasteiger partial charge >= 0.3 is 12.3 Å². The van der Waals surface area contributed by atoms with Crippen molar-refractivity contribution < 1.29 is 22.4 Å². The third-order valence-electron chi connectivity index (χ3n) is 1.52. The van der Waals surface area contributed by atoms with Crippen molar-refractivity contribution in [1.82, 2.24) is 10.6 Å². The maximum atomic E-state index is 12.3. The van der Waals surface area contributed by atoms with Gasteiger partial charge in [0, 0.05) is 6.54 Å². The van der Waals surface area contributed by atoms with Crippen LogP contribution in [0.2, 0.25) is 0 Å². The van der Waals surface area contributed by atoms with E-state index in [2.05, 4.69) is 5.32 Å². The number of hydrogen-bond donors (Lipinski definition) is 2. The summed E-state index contributed by atoms with van der Waals surface area (Å²) in [4.78, 5) is 10.9. The third-order valence-corrected chi connectivity index (χ3v) is 1.52. The van der Waals surface area contributed by atoms with Crippen molar-refractivity contribution in [3.8, 4) is 6.07 Å². The first kappa shape index (κ1) is 14.6. The van der Waals surface area contributed by atoms with Gasteiger partial charge in [-0.2, -0.15) is 14.0 Å². The zero-order valence-electron chi connectivity index (χ0n) is 8.27. The summed E-state index contributed by atoms with van der Waals surface area (Å²) in [5, 5.41) is 12.3. The van der Waals surface area contributed by atoms with Crippen LogP contribution in [-0.4, -0.2) is 37.9 Å². The lowest BCUT2D eigenvalue weighted by Crippen LogP contribution is -2.43. The second kappa shape index (κ2) is 7.00. The average molecular weight is 241 g/mol. The number of rotatable bonds is 7. The van der Waals surface area contributed by atoms with Crippen LogP contribution in [0.5, 0.6) is 0 Å². The molecule has 0 aromatic rings. The van der Waals surface area contributed by atoms with E-state index in [0.29, 0.717) is 0 Å². The fraction of sp³-hybridized carbons (Fsp3) is 0.750. The van der Waals surface area contributed by atoms with Crippen LogP contribution >= 0.6 is 0 Å². The van der Waals surface area contributed by atoms with Crippen LogP contribution in [0.3, 0.4) is 0 Å². The van der Waals surface area contributed by atoms with Crippen molar-refractivity contribution in [3.63, 3.8) is 0 Å². The fourth-order valence-electron chi connectivity index (χ4n) is 0.740. The van der Waals surface area contributed by atoms with Gasteiger partial charge < -0.3 is 10.6 Å². The number of carbonyl (C=O) groups is 1. The topological polar surface area (TPSA) is 64.9 Å². The fourth-order valence-corrected chi connectivity index (χ4v) is 0.740. The van der Waals surface area contributed by atoms with Crippen molar-refractivity contribution in [2.45, 2.75) is 18.8 Å². The standard InChI is InChI=1S/C8H11F4N3O/c9-7(10)8(11,12)5-14-4-6(16)15-3-1-2-13/h7,14H,1,3-5H2,(H,15,16). The number of hydrogen-bond acceptors (Lipinski definition) is 3. The molecule has 0 aliphatic heterocycles. The Morgan fingerprint density at radius 1 is 1.44 bits per heavy atom. The summed E-state index contributed by atoms with van der Waals surface area (Å²) in [6.07, 6.45) is -3.67. The van der Waals surface area contributed by atoms with E-state index >= 15 is 0 Å². The normalized spacial score (nSPS) is 11.2. The molecular weight excluding hydrogens is 230 g/mol. The van der Waals surface area contributed by atoms with E-state index < -0.39 is 31.3 Å². The van der Waals surface area contributed by atoms with Crippen LogP contribution in [-0.2, 0) is 4.79 Å². The van der Waals surface area contributed by atoms with Gasteiger partial charge in [-0.15, -0.1) is 0 Å². The van der Waals surface area contributed by atoms with Crippen LogP contribution < -0.4 is 10.6 Å². The third kappa shape index (κ3) is 6.19. The predicted molar refractivity (Wildman–Crippen MR) is 47.1 cm³/mol. The first-order valence-electron chi connectivity index (χ1n) is 4.40. The Morgan fingerprint density at radius 2 is 2.06 bits per heavy atom. The summed E-state index contributed by atoms with van der Waals surface area (Å²) in [6.45, 7) is -1.66. The first-order chi connectivity index (χ1) is 7.40. The van der Waals surface area contributed by atoms with E-state index in [1.165, 1.54) is 0 Å². The van der Waals surface area contributed by atoms with Crippen LogP contribution in [0.25, 0.3) is 0 Å². The minimum absolute atomic E-state index is 0.0962. The highest BCUT2D eigenvalue weighted by molar-refractivity contribution is 5.77. The molecule has 0 saturated carbocycles. The van der Waals surface area contributed by atoms with Gasteiger partial charge in [-0.05, 0) is 0 Å². The highest BCUT2D eigenvalue weighted by Crippen LogP contribution is 2.21. The molecule has 8 heteroatoms. The SMILES string of the molecule is N#CCCNC(=O)CNCC(F)(F)C(F)F.